The number of hydrogen-bond donors (Lipinski definition) is 0. The van der Waals surface area contributed by atoms with Crippen molar-refractivity contribution in [3.05, 3.63) is 0 Å². The van der Waals surface area contributed by atoms with Crippen LogP contribution in [0.25, 0.3) is 0 Å². The highest BCUT2D eigenvalue weighted by Crippen LogP contribution is 1.87. The fraction of sp³-hybridized carbons (Fsp3) is 0.857. The van der Waals surface area contributed by atoms with Crippen molar-refractivity contribution in [2.24, 2.45) is 0 Å². The van der Waals surface area contributed by atoms with Gasteiger partial charge in [0.1, 0.15) is 6.34 Å². The van der Waals surface area contributed by atoms with Crippen molar-refractivity contribution in [2.45, 2.75) is 26.7 Å². The van der Waals surface area contributed by atoms with E-state index in [9.17, 15) is 0 Å². The molecule has 0 unspecified atom stereocenters. The van der Waals surface area contributed by atoms with Gasteiger partial charge >= 0.3 is 0 Å². The van der Waals surface area contributed by atoms with Gasteiger partial charge in [0.2, 0.25) is 0 Å². The molecule has 0 aromatic rings. The van der Waals surface area contributed by atoms with Crippen LogP contribution < -0.4 is 5.41 Å². The van der Waals surface area contributed by atoms with Crippen molar-refractivity contribution >= 4 is 6.34 Å². The first-order valence-electron chi connectivity index (χ1n) is 3.56. The predicted molar refractivity (Wildman–Crippen MR) is 40.4 cm³/mol. The molecule has 1 radical (unpaired) electrons. The molecule has 0 saturated heterocycles. The first kappa shape index (κ1) is 8.47. The van der Waals surface area contributed by atoms with Gasteiger partial charge < -0.3 is 4.90 Å². The molecule has 0 atom stereocenters. The maximum absolute atomic E-state index is 8.59. The molecule has 0 saturated carbocycles. The molecule has 0 fully saturated rings. The Morgan fingerprint density at radius 3 is 1.89 bits per heavy atom. The van der Waals surface area contributed by atoms with Gasteiger partial charge in [-0.1, -0.05) is 13.8 Å². The lowest BCUT2D eigenvalue weighted by Crippen LogP contribution is -2.23. The lowest BCUT2D eigenvalue weighted by atomic mass is 10.4. The van der Waals surface area contributed by atoms with Crippen LogP contribution in [0.1, 0.15) is 26.7 Å². The molecule has 0 aromatic heterocycles. The third kappa shape index (κ3) is 4.01. The second kappa shape index (κ2) is 5.60. The summed E-state index contributed by atoms with van der Waals surface area (Å²) in [4.78, 5) is 1.92. The quantitative estimate of drug-likeness (QED) is 0.398. The van der Waals surface area contributed by atoms with Crippen molar-refractivity contribution in [1.82, 2.24) is 10.3 Å². The molecule has 53 valence electrons. The van der Waals surface area contributed by atoms with Crippen LogP contribution in [0.3, 0.4) is 0 Å². The largest absolute Gasteiger partial charge is 0.361 e. The van der Waals surface area contributed by atoms with Crippen LogP contribution in [0.15, 0.2) is 0 Å². The van der Waals surface area contributed by atoms with Crippen molar-refractivity contribution in [1.29, 1.82) is 0 Å². The Balaban J connectivity index is 3.29. The summed E-state index contributed by atoms with van der Waals surface area (Å²) in [6, 6.07) is 0. The summed E-state index contributed by atoms with van der Waals surface area (Å²) < 4.78 is 0. The summed E-state index contributed by atoms with van der Waals surface area (Å²) in [5.41, 5.74) is 0. The van der Waals surface area contributed by atoms with Crippen LogP contribution in [0.4, 0.5) is 0 Å². The van der Waals surface area contributed by atoms with E-state index in [0.717, 1.165) is 25.9 Å². The molecular formula is C7H15N2. The van der Waals surface area contributed by atoms with Crippen LogP contribution in [0.5, 0.6) is 0 Å². The smallest absolute Gasteiger partial charge is 0.114 e. The van der Waals surface area contributed by atoms with E-state index in [1.807, 2.05) is 4.90 Å². The Morgan fingerprint density at radius 2 is 1.67 bits per heavy atom. The number of rotatable bonds is 5. The Bertz CT molecular complexity index is 65.3. The van der Waals surface area contributed by atoms with Crippen LogP contribution in [-0.4, -0.2) is 24.3 Å². The molecule has 0 aliphatic heterocycles. The molecule has 0 aliphatic rings. The average Bonchev–Trinajstić information content (AvgIpc) is 1.88. The van der Waals surface area contributed by atoms with Crippen LogP contribution in [0, 0.1) is 0 Å². The van der Waals surface area contributed by atoms with Gasteiger partial charge in [0.25, 0.3) is 0 Å². The van der Waals surface area contributed by atoms with Gasteiger partial charge in [-0.25, -0.2) is 0 Å². The van der Waals surface area contributed by atoms with Gasteiger partial charge in [-0.15, -0.1) is 5.41 Å². The minimum atomic E-state index is 0.963. The first-order valence-corrected chi connectivity index (χ1v) is 3.56. The zero-order valence-electron chi connectivity index (χ0n) is 6.30. The topological polar surface area (TPSA) is 25.5 Å². The van der Waals surface area contributed by atoms with Crippen molar-refractivity contribution in [2.75, 3.05) is 13.1 Å². The van der Waals surface area contributed by atoms with Gasteiger partial charge in [0, 0.05) is 13.1 Å². The van der Waals surface area contributed by atoms with Gasteiger partial charge in [-0.05, 0) is 12.8 Å². The molecule has 9 heavy (non-hydrogen) atoms. The predicted octanol–water partition coefficient (Wildman–Crippen LogP) is 0.937. The lowest BCUT2D eigenvalue weighted by molar-refractivity contribution is 0.429. The van der Waals surface area contributed by atoms with Gasteiger partial charge in [-0.3, -0.25) is 0 Å². The fourth-order valence-corrected chi connectivity index (χ4v) is 0.802. The summed E-state index contributed by atoms with van der Waals surface area (Å²) in [6.45, 7) is 6.13. The highest BCUT2D eigenvalue weighted by molar-refractivity contribution is 5.51. The van der Waals surface area contributed by atoms with E-state index in [2.05, 4.69) is 13.8 Å². The average molecular weight is 127 g/mol. The third-order valence-corrected chi connectivity index (χ3v) is 1.18. The van der Waals surface area contributed by atoms with E-state index in [4.69, 9.17) is 5.41 Å². The molecule has 0 bridgehead atoms. The minimum Gasteiger partial charge on any atom is -0.361 e. The normalized spacial score (nSPS) is 9.11. The molecule has 0 rings (SSSR count). The van der Waals surface area contributed by atoms with Crippen molar-refractivity contribution < 1.29 is 0 Å². The van der Waals surface area contributed by atoms with E-state index in [1.165, 1.54) is 6.34 Å². The molecular weight excluding hydrogens is 112 g/mol. The molecule has 0 spiro atoms. The van der Waals surface area contributed by atoms with Gasteiger partial charge in [0.15, 0.2) is 0 Å². The monoisotopic (exact) mass is 127 g/mol. The second-order valence-electron chi connectivity index (χ2n) is 2.15. The maximum Gasteiger partial charge on any atom is 0.114 e. The second-order valence-corrected chi connectivity index (χ2v) is 2.15. The molecule has 0 N–H and O–H groups in total. The number of nitrogens with zero attached hydrogens (tertiary/aromatic N) is 2. The highest BCUT2D eigenvalue weighted by atomic mass is 15.1. The van der Waals surface area contributed by atoms with Gasteiger partial charge in [0.05, 0.1) is 0 Å². The van der Waals surface area contributed by atoms with E-state index in [0.29, 0.717) is 0 Å². The standard InChI is InChI=1S/C7H15N2/c1-3-5-9(7-8)6-4-2/h7H,3-6H2,1-2H3. The highest BCUT2D eigenvalue weighted by Gasteiger charge is 1.93. The SMILES string of the molecule is CCCN(C=[N])CCC. The first-order chi connectivity index (χ1) is 4.35. The maximum atomic E-state index is 8.59. The van der Waals surface area contributed by atoms with E-state index in [-0.39, 0.29) is 0 Å². The molecule has 2 nitrogen and oxygen atoms in total. The van der Waals surface area contributed by atoms with Crippen LogP contribution >= 0.6 is 0 Å². The third-order valence-electron chi connectivity index (χ3n) is 1.18. The van der Waals surface area contributed by atoms with Crippen molar-refractivity contribution in [3.8, 4) is 0 Å². The molecule has 0 heterocycles. The molecule has 0 aliphatic carbocycles. The molecule has 2 heteroatoms. The zero-order chi connectivity index (χ0) is 7.11. The van der Waals surface area contributed by atoms with E-state index in [1.54, 1.807) is 0 Å². The van der Waals surface area contributed by atoms with Gasteiger partial charge in [-0.2, -0.15) is 0 Å². The summed E-state index contributed by atoms with van der Waals surface area (Å²) in [7, 11) is 0. The van der Waals surface area contributed by atoms with E-state index < -0.39 is 0 Å². The summed E-state index contributed by atoms with van der Waals surface area (Å²) in [5.74, 6) is 0. The Kier molecular flexibility index (Phi) is 5.27. The Hall–Kier alpha value is -0.530. The zero-order valence-corrected chi connectivity index (χ0v) is 6.30. The summed E-state index contributed by atoms with van der Waals surface area (Å²) in [6.07, 6.45) is 3.36. The van der Waals surface area contributed by atoms with Crippen LogP contribution in [-0.2, 0) is 0 Å². The van der Waals surface area contributed by atoms with Crippen LogP contribution in [0.2, 0.25) is 0 Å². The minimum absolute atomic E-state index is 0.963. The van der Waals surface area contributed by atoms with E-state index >= 15 is 0 Å². The Morgan fingerprint density at radius 1 is 1.22 bits per heavy atom. The molecule has 0 aromatic carbocycles. The Labute approximate surface area is 57.4 Å². The summed E-state index contributed by atoms with van der Waals surface area (Å²) in [5, 5.41) is 8.59. The molecule has 0 amide bonds. The van der Waals surface area contributed by atoms with Crippen molar-refractivity contribution in [3.63, 3.8) is 0 Å². The number of hydrogen-bond acceptors (Lipinski definition) is 0. The summed E-state index contributed by atoms with van der Waals surface area (Å²) >= 11 is 0. The fourth-order valence-electron chi connectivity index (χ4n) is 0.802. The lowest BCUT2D eigenvalue weighted by Gasteiger charge is -2.15.